The number of rotatable bonds is 7. The quantitative estimate of drug-likeness (QED) is 0.613. The Balaban J connectivity index is 1.42. The van der Waals surface area contributed by atoms with Crippen LogP contribution in [0.2, 0.25) is 0 Å². The first-order valence-corrected chi connectivity index (χ1v) is 12.3. The van der Waals surface area contributed by atoms with Gasteiger partial charge in [-0.2, -0.15) is 0 Å². The molecule has 1 aromatic rings. The van der Waals surface area contributed by atoms with Crippen LogP contribution in [-0.4, -0.2) is 77.4 Å². The molecule has 1 aromatic carbocycles. The lowest BCUT2D eigenvalue weighted by Crippen LogP contribution is -2.56. The Labute approximate surface area is 199 Å². The standard InChI is InChI=1S/C25H34F2N4O3/c1-3-9-25(23(33)31(24(34)28-25)13-8-21-5-4-10-29(21)2)18-6-11-30(12-7-18)22(32)17-14-19(26)16-20(27)15-17/h14-16,18,21H,3-13H2,1-2H3,(H,28,34)/t21-,25-/m1/s1. The number of urea groups is 1. The van der Waals surface area contributed by atoms with Crippen molar-refractivity contribution in [1.29, 1.82) is 0 Å². The fourth-order valence-corrected chi connectivity index (χ4v) is 5.95. The van der Waals surface area contributed by atoms with Crippen LogP contribution in [-0.2, 0) is 4.79 Å². The lowest BCUT2D eigenvalue weighted by atomic mass is 9.74. The smallest absolute Gasteiger partial charge is 0.325 e. The van der Waals surface area contributed by atoms with Gasteiger partial charge < -0.3 is 15.1 Å². The first-order valence-electron chi connectivity index (χ1n) is 12.3. The largest absolute Gasteiger partial charge is 0.339 e. The molecule has 0 spiro atoms. The number of nitrogens with zero attached hydrogens (tertiary/aromatic N) is 3. The maximum atomic E-state index is 13.6. The Hall–Kier alpha value is -2.55. The number of imide groups is 1. The zero-order valence-corrected chi connectivity index (χ0v) is 20.0. The van der Waals surface area contributed by atoms with Crippen molar-refractivity contribution in [2.24, 2.45) is 5.92 Å². The molecule has 0 aliphatic carbocycles. The van der Waals surface area contributed by atoms with Crippen LogP contribution in [0.15, 0.2) is 18.2 Å². The van der Waals surface area contributed by atoms with Crippen LogP contribution in [0.5, 0.6) is 0 Å². The zero-order chi connectivity index (χ0) is 24.5. The van der Waals surface area contributed by atoms with E-state index in [-0.39, 0.29) is 23.4 Å². The van der Waals surface area contributed by atoms with Crippen LogP contribution >= 0.6 is 0 Å². The topological polar surface area (TPSA) is 73.0 Å². The van der Waals surface area contributed by atoms with Gasteiger partial charge >= 0.3 is 6.03 Å². The summed E-state index contributed by atoms with van der Waals surface area (Å²) in [5.74, 6) is -2.26. The second kappa shape index (κ2) is 9.98. The molecule has 9 heteroatoms. The van der Waals surface area contributed by atoms with E-state index in [1.54, 1.807) is 4.90 Å². The average Bonchev–Trinajstić information content (AvgIpc) is 3.32. The monoisotopic (exact) mass is 476 g/mol. The summed E-state index contributed by atoms with van der Waals surface area (Å²) in [5.41, 5.74) is -0.972. The summed E-state index contributed by atoms with van der Waals surface area (Å²) < 4.78 is 27.1. The average molecular weight is 477 g/mol. The van der Waals surface area contributed by atoms with Gasteiger partial charge in [-0.25, -0.2) is 13.6 Å². The highest BCUT2D eigenvalue weighted by molar-refractivity contribution is 6.07. The molecule has 3 aliphatic heterocycles. The minimum atomic E-state index is -0.951. The van der Waals surface area contributed by atoms with Crippen molar-refractivity contribution in [1.82, 2.24) is 20.0 Å². The molecule has 4 rings (SSSR count). The molecular weight excluding hydrogens is 442 g/mol. The van der Waals surface area contributed by atoms with E-state index in [0.717, 1.165) is 50.4 Å². The molecule has 1 N–H and O–H groups in total. The molecule has 0 bridgehead atoms. The molecule has 3 aliphatic rings. The van der Waals surface area contributed by atoms with E-state index in [4.69, 9.17) is 0 Å². The molecule has 2 atom stereocenters. The van der Waals surface area contributed by atoms with Crippen molar-refractivity contribution in [2.75, 3.05) is 33.2 Å². The number of halogens is 2. The number of hydrogen-bond donors (Lipinski definition) is 1. The van der Waals surface area contributed by atoms with Gasteiger partial charge in [-0.05, 0) is 70.2 Å². The van der Waals surface area contributed by atoms with Crippen molar-refractivity contribution in [3.63, 3.8) is 0 Å². The van der Waals surface area contributed by atoms with Crippen LogP contribution in [0.3, 0.4) is 0 Å². The highest BCUT2D eigenvalue weighted by Gasteiger charge is 2.55. The fourth-order valence-electron chi connectivity index (χ4n) is 5.95. The van der Waals surface area contributed by atoms with Gasteiger partial charge in [0.05, 0.1) is 0 Å². The van der Waals surface area contributed by atoms with Gasteiger partial charge in [-0.1, -0.05) is 13.3 Å². The van der Waals surface area contributed by atoms with Gasteiger partial charge in [0.15, 0.2) is 0 Å². The number of benzene rings is 1. The van der Waals surface area contributed by atoms with Crippen molar-refractivity contribution >= 4 is 17.8 Å². The maximum absolute atomic E-state index is 13.6. The van der Waals surface area contributed by atoms with E-state index in [0.29, 0.717) is 44.9 Å². The van der Waals surface area contributed by atoms with E-state index >= 15 is 0 Å². The Bertz CT molecular complexity index is 930. The summed E-state index contributed by atoms with van der Waals surface area (Å²) >= 11 is 0. The second-order valence-corrected chi connectivity index (χ2v) is 9.90. The van der Waals surface area contributed by atoms with Crippen LogP contribution in [0.1, 0.15) is 62.2 Å². The number of piperidine rings is 1. The zero-order valence-electron chi connectivity index (χ0n) is 20.0. The predicted octanol–water partition coefficient (Wildman–Crippen LogP) is 3.39. The van der Waals surface area contributed by atoms with E-state index in [1.165, 1.54) is 4.90 Å². The molecule has 0 saturated carbocycles. The number of amides is 4. The van der Waals surface area contributed by atoms with Crippen molar-refractivity contribution in [2.45, 2.75) is 63.5 Å². The third-order valence-electron chi connectivity index (χ3n) is 7.79. The summed E-state index contributed by atoms with van der Waals surface area (Å²) in [6, 6.07) is 2.88. The van der Waals surface area contributed by atoms with E-state index in [9.17, 15) is 23.2 Å². The molecule has 0 unspecified atom stereocenters. The maximum Gasteiger partial charge on any atom is 0.325 e. The summed E-state index contributed by atoms with van der Waals surface area (Å²) in [5, 5.41) is 3.04. The van der Waals surface area contributed by atoms with Crippen molar-refractivity contribution < 1.29 is 23.2 Å². The number of nitrogens with one attached hydrogen (secondary N) is 1. The SMILES string of the molecule is CCC[C@]1(C2CCN(C(=O)c3cc(F)cc(F)c3)CC2)NC(=O)N(CC[C@H]2CCCN2C)C1=O. The van der Waals surface area contributed by atoms with Crippen LogP contribution in [0, 0.1) is 17.6 Å². The predicted molar refractivity (Wildman–Crippen MR) is 123 cm³/mol. The van der Waals surface area contributed by atoms with E-state index in [2.05, 4.69) is 17.3 Å². The van der Waals surface area contributed by atoms with E-state index < -0.39 is 23.1 Å². The summed E-state index contributed by atoms with van der Waals surface area (Å²) in [4.78, 5) is 44.5. The van der Waals surface area contributed by atoms with Crippen LogP contribution in [0.25, 0.3) is 0 Å². The highest BCUT2D eigenvalue weighted by Crippen LogP contribution is 2.37. The van der Waals surface area contributed by atoms with Gasteiger partial charge in [0.2, 0.25) is 0 Å². The molecule has 186 valence electrons. The minimum absolute atomic E-state index is 0.0208. The molecule has 7 nitrogen and oxygen atoms in total. The molecule has 3 heterocycles. The lowest BCUT2D eigenvalue weighted by molar-refractivity contribution is -0.134. The van der Waals surface area contributed by atoms with E-state index in [1.807, 2.05) is 6.92 Å². The summed E-state index contributed by atoms with van der Waals surface area (Å²) in [6.45, 7) is 4.18. The Kier molecular flexibility index (Phi) is 7.21. The first kappa shape index (κ1) is 24.6. The second-order valence-electron chi connectivity index (χ2n) is 9.90. The Morgan fingerprint density at radius 2 is 1.76 bits per heavy atom. The highest BCUT2D eigenvalue weighted by atomic mass is 19.1. The molecule has 34 heavy (non-hydrogen) atoms. The van der Waals surface area contributed by atoms with Gasteiger partial charge in [-0.3, -0.25) is 14.5 Å². The third-order valence-corrected chi connectivity index (χ3v) is 7.79. The van der Waals surface area contributed by atoms with Gasteiger partial charge in [0.1, 0.15) is 17.2 Å². The molecule has 4 amide bonds. The molecule has 0 aromatic heterocycles. The number of carbonyl (C=O) groups is 3. The number of hydrogen-bond acceptors (Lipinski definition) is 4. The summed E-state index contributed by atoms with van der Waals surface area (Å²) in [7, 11) is 2.08. The minimum Gasteiger partial charge on any atom is -0.339 e. The molecular formula is C25H34F2N4O3. The molecule has 3 fully saturated rings. The van der Waals surface area contributed by atoms with Crippen molar-refractivity contribution in [3.05, 3.63) is 35.4 Å². The molecule has 0 radical (unpaired) electrons. The fraction of sp³-hybridized carbons (Fsp3) is 0.640. The third kappa shape index (κ3) is 4.67. The summed E-state index contributed by atoms with van der Waals surface area (Å²) in [6.07, 6.45) is 5.36. The normalized spacial score (nSPS) is 26.4. The van der Waals surface area contributed by atoms with Crippen LogP contribution < -0.4 is 5.32 Å². The van der Waals surface area contributed by atoms with Gasteiger partial charge in [0, 0.05) is 37.3 Å². The van der Waals surface area contributed by atoms with Gasteiger partial charge in [0.25, 0.3) is 11.8 Å². The lowest BCUT2D eigenvalue weighted by Gasteiger charge is -2.41. The number of carbonyl (C=O) groups excluding carboxylic acids is 3. The van der Waals surface area contributed by atoms with Crippen molar-refractivity contribution in [3.8, 4) is 0 Å². The molecule has 3 saturated heterocycles. The van der Waals surface area contributed by atoms with Crippen LogP contribution in [0.4, 0.5) is 13.6 Å². The Morgan fingerprint density at radius 3 is 2.35 bits per heavy atom. The first-order chi connectivity index (χ1) is 16.2. The number of likely N-dealkylation sites (tertiary alicyclic amines) is 2. The van der Waals surface area contributed by atoms with Gasteiger partial charge in [-0.15, -0.1) is 0 Å². The Morgan fingerprint density at radius 1 is 1.09 bits per heavy atom.